The molecule has 0 spiro atoms. The third-order valence-electron chi connectivity index (χ3n) is 2.93. The summed E-state index contributed by atoms with van der Waals surface area (Å²) in [5.41, 5.74) is 0.576. The SMILES string of the molecule is Cc1cc(=O)n2[nH]c(CNCC3CC3)nc2n1. The van der Waals surface area contributed by atoms with Crippen LogP contribution in [-0.2, 0) is 6.54 Å². The van der Waals surface area contributed by atoms with E-state index < -0.39 is 0 Å². The van der Waals surface area contributed by atoms with Gasteiger partial charge in [-0.15, -0.1) is 0 Å². The van der Waals surface area contributed by atoms with Crippen LogP contribution in [-0.4, -0.2) is 26.1 Å². The van der Waals surface area contributed by atoms with Crippen molar-refractivity contribution in [1.82, 2.24) is 24.9 Å². The summed E-state index contributed by atoms with van der Waals surface area (Å²) in [5.74, 6) is 2.03. The number of aromatic nitrogens is 4. The lowest BCUT2D eigenvalue weighted by atomic mass is 10.4. The molecule has 1 fully saturated rings. The Balaban J connectivity index is 1.80. The van der Waals surface area contributed by atoms with Gasteiger partial charge in [0.05, 0.1) is 6.54 Å². The first-order chi connectivity index (χ1) is 8.22. The van der Waals surface area contributed by atoms with Gasteiger partial charge in [-0.05, 0) is 32.2 Å². The molecule has 17 heavy (non-hydrogen) atoms. The number of aromatic amines is 1. The lowest BCUT2D eigenvalue weighted by molar-refractivity contribution is 0.618. The zero-order valence-corrected chi connectivity index (χ0v) is 9.73. The summed E-state index contributed by atoms with van der Waals surface area (Å²) < 4.78 is 1.38. The highest BCUT2D eigenvalue weighted by atomic mass is 16.1. The maximum Gasteiger partial charge on any atom is 0.274 e. The second kappa shape index (κ2) is 3.96. The van der Waals surface area contributed by atoms with Gasteiger partial charge < -0.3 is 5.32 Å². The molecule has 1 saturated carbocycles. The molecule has 2 aromatic rings. The lowest BCUT2D eigenvalue weighted by Crippen LogP contribution is -2.18. The van der Waals surface area contributed by atoms with Gasteiger partial charge >= 0.3 is 0 Å². The van der Waals surface area contributed by atoms with E-state index in [4.69, 9.17) is 0 Å². The predicted molar refractivity (Wildman–Crippen MR) is 62.8 cm³/mol. The summed E-state index contributed by atoms with van der Waals surface area (Å²) in [6, 6.07) is 1.49. The molecular weight excluding hydrogens is 218 g/mol. The normalized spacial score (nSPS) is 15.6. The lowest BCUT2D eigenvalue weighted by Gasteiger charge is -1.98. The zero-order chi connectivity index (χ0) is 11.8. The highest BCUT2D eigenvalue weighted by molar-refractivity contribution is 5.27. The minimum Gasteiger partial charge on any atom is -0.310 e. The van der Waals surface area contributed by atoms with E-state index in [0.29, 0.717) is 18.0 Å². The smallest absolute Gasteiger partial charge is 0.274 e. The van der Waals surface area contributed by atoms with Crippen molar-refractivity contribution in [3.05, 3.63) is 27.9 Å². The van der Waals surface area contributed by atoms with Gasteiger partial charge in [-0.1, -0.05) is 0 Å². The van der Waals surface area contributed by atoms with E-state index in [9.17, 15) is 4.79 Å². The second-order valence-corrected chi connectivity index (χ2v) is 4.62. The Kier molecular flexibility index (Phi) is 2.44. The van der Waals surface area contributed by atoms with Gasteiger partial charge in [0.15, 0.2) is 0 Å². The average Bonchev–Trinajstić information content (AvgIpc) is 2.98. The molecular formula is C11H15N5O. The Morgan fingerprint density at radius 3 is 3.12 bits per heavy atom. The van der Waals surface area contributed by atoms with Gasteiger partial charge in [0.1, 0.15) is 5.82 Å². The minimum absolute atomic E-state index is 0.117. The third-order valence-corrected chi connectivity index (χ3v) is 2.93. The molecule has 0 aromatic carbocycles. The topological polar surface area (TPSA) is 75.1 Å². The highest BCUT2D eigenvalue weighted by Crippen LogP contribution is 2.27. The highest BCUT2D eigenvalue weighted by Gasteiger charge is 2.20. The molecule has 0 saturated heterocycles. The van der Waals surface area contributed by atoms with E-state index in [0.717, 1.165) is 18.3 Å². The van der Waals surface area contributed by atoms with Crippen LogP contribution in [0.15, 0.2) is 10.9 Å². The largest absolute Gasteiger partial charge is 0.310 e. The first-order valence-corrected chi connectivity index (χ1v) is 5.88. The average molecular weight is 233 g/mol. The number of aryl methyl sites for hydroxylation is 1. The van der Waals surface area contributed by atoms with Crippen LogP contribution in [0, 0.1) is 12.8 Å². The van der Waals surface area contributed by atoms with E-state index >= 15 is 0 Å². The van der Waals surface area contributed by atoms with Crippen LogP contribution in [0.2, 0.25) is 0 Å². The number of fused-ring (bicyclic) bond motifs is 1. The molecule has 1 aliphatic rings. The van der Waals surface area contributed by atoms with Crippen LogP contribution < -0.4 is 10.9 Å². The molecule has 2 N–H and O–H groups in total. The van der Waals surface area contributed by atoms with Crippen LogP contribution >= 0.6 is 0 Å². The first kappa shape index (κ1) is 10.5. The molecule has 0 radical (unpaired) electrons. The molecule has 0 amide bonds. The van der Waals surface area contributed by atoms with Gasteiger partial charge in [-0.25, -0.2) is 4.98 Å². The van der Waals surface area contributed by atoms with Crippen molar-refractivity contribution in [1.29, 1.82) is 0 Å². The number of hydrogen-bond acceptors (Lipinski definition) is 4. The van der Waals surface area contributed by atoms with E-state index in [1.54, 1.807) is 6.92 Å². The van der Waals surface area contributed by atoms with Crippen molar-refractivity contribution < 1.29 is 0 Å². The quantitative estimate of drug-likeness (QED) is 0.792. The molecule has 0 atom stereocenters. The monoisotopic (exact) mass is 233 g/mol. The van der Waals surface area contributed by atoms with Crippen molar-refractivity contribution in [3.63, 3.8) is 0 Å². The third kappa shape index (κ3) is 2.21. The molecule has 0 aliphatic heterocycles. The van der Waals surface area contributed by atoms with E-state index in [-0.39, 0.29) is 5.56 Å². The fourth-order valence-corrected chi connectivity index (χ4v) is 1.83. The Hall–Kier alpha value is -1.69. The Bertz CT molecular complexity index is 595. The van der Waals surface area contributed by atoms with Crippen LogP contribution in [0.5, 0.6) is 0 Å². The number of hydrogen-bond donors (Lipinski definition) is 2. The summed E-state index contributed by atoms with van der Waals surface area (Å²) >= 11 is 0. The predicted octanol–water partition coefficient (Wildman–Crippen LogP) is 0.226. The van der Waals surface area contributed by atoms with Gasteiger partial charge in [-0.3, -0.25) is 9.89 Å². The van der Waals surface area contributed by atoms with E-state index in [1.807, 2.05) is 0 Å². The molecule has 6 heteroatoms. The molecule has 6 nitrogen and oxygen atoms in total. The number of nitrogens with zero attached hydrogens (tertiary/aromatic N) is 3. The summed E-state index contributed by atoms with van der Waals surface area (Å²) in [7, 11) is 0. The summed E-state index contributed by atoms with van der Waals surface area (Å²) in [6.45, 7) is 3.47. The Labute approximate surface area is 98.1 Å². The summed E-state index contributed by atoms with van der Waals surface area (Å²) in [6.07, 6.45) is 2.65. The summed E-state index contributed by atoms with van der Waals surface area (Å²) in [4.78, 5) is 20.1. The molecule has 0 unspecified atom stereocenters. The van der Waals surface area contributed by atoms with Crippen molar-refractivity contribution in [3.8, 4) is 0 Å². The minimum atomic E-state index is -0.117. The maximum atomic E-state index is 11.6. The molecule has 0 bridgehead atoms. The molecule has 3 rings (SSSR count). The fourth-order valence-electron chi connectivity index (χ4n) is 1.83. The van der Waals surface area contributed by atoms with Gasteiger partial charge in [0.25, 0.3) is 11.3 Å². The van der Waals surface area contributed by atoms with E-state index in [2.05, 4.69) is 20.4 Å². The second-order valence-electron chi connectivity index (χ2n) is 4.62. The van der Waals surface area contributed by atoms with Crippen molar-refractivity contribution >= 4 is 5.78 Å². The van der Waals surface area contributed by atoms with Crippen LogP contribution in [0.3, 0.4) is 0 Å². The van der Waals surface area contributed by atoms with Gasteiger partial charge in [0.2, 0.25) is 0 Å². The van der Waals surface area contributed by atoms with Crippen LogP contribution in [0.1, 0.15) is 24.4 Å². The first-order valence-electron chi connectivity index (χ1n) is 5.88. The molecule has 90 valence electrons. The summed E-state index contributed by atoms with van der Waals surface area (Å²) in [5, 5.41) is 6.28. The van der Waals surface area contributed by atoms with Crippen molar-refractivity contribution in [2.75, 3.05) is 6.54 Å². The molecule has 2 aromatic heterocycles. The van der Waals surface area contributed by atoms with Crippen molar-refractivity contribution in [2.45, 2.75) is 26.3 Å². The molecule has 1 aliphatic carbocycles. The van der Waals surface area contributed by atoms with E-state index in [1.165, 1.54) is 23.4 Å². The number of H-pyrrole nitrogens is 1. The number of nitrogens with one attached hydrogen (secondary N) is 2. The maximum absolute atomic E-state index is 11.6. The Morgan fingerprint density at radius 1 is 1.53 bits per heavy atom. The van der Waals surface area contributed by atoms with Gasteiger partial charge in [-0.2, -0.15) is 9.50 Å². The molecule has 2 heterocycles. The van der Waals surface area contributed by atoms with Gasteiger partial charge in [0, 0.05) is 11.8 Å². The van der Waals surface area contributed by atoms with Crippen molar-refractivity contribution in [2.24, 2.45) is 5.92 Å². The van der Waals surface area contributed by atoms with Crippen LogP contribution in [0.4, 0.5) is 0 Å². The Morgan fingerprint density at radius 2 is 2.35 bits per heavy atom. The zero-order valence-electron chi connectivity index (χ0n) is 9.73. The van der Waals surface area contributed by atoms with Crippen LogP contribution in [0.25, 0.3) is 5.78 Å². The standard InChI is InChI=1S/C11H15N5O/c1-7-4-10(17)16-11(13-7)14-9(15-16)6-12-5-8-2-3-8/h4,8,12H,2-3,5-6H2,1H3,(H,13,14,15). The number of rotatable bonds is 4. The fraction of sp³-hybridized carbons (Fsp3) is 0.545.